The maximum atomic E-state index is 4.52. The summed E-state index contributed by atoms with van der Waals surface area (Å²) in [7, 11) is 0. The number of hydrogen-bond acceptors (Lipinski definition) is 5. The zero-order chi connectivity index (χ0) is 16.0. The van der Waals surface area contributed by atoms with E-state index in [1.807, 2.05) is 0 Å². The lowest BCUT2D eigenvalue weighted by molar-refractivity contribution is 0.305. The van der Waals surface area contributed by atoms with E-state index < -0.39 is 0 Å². The van der Waals surface area contributed by atoms with Crippen LogP contribution >= 0.6 is 0 Å². The topological polar surface area (TPSA) is 60.9 Å². The van der Waals surface area contributed by atoms with Gasteiger partial charge in [-0.1, -0.05) is 0 Å². The lowest BCUT2D eigenvalue weighted by Crippen LogP contribution is -2.29. The summed E-state index contributed by atoms with van der Waals surface area (Å²) >= 11 is 0. The first-order chi connectivity index (χ1) is 11.1. The van der Waals surface area contributed by atoms with Crippen molar-refractivity contribution < 1.29 is 0 Å². The van der Waals surface area contributed by atoms with Crippen molar-refractivity contribution >= 4 is 5.82 Å². The summed E-state index contributed by atoms with van der Waals surface area (Å²) in [6.45, 7) is 11.8. The maximum Gasteiger partial charge on any atom is 0.135 e. The van der Waals surface area contributed by atoms with Crippen LogP contribution in [-0.2, 0) is 6.54 Å². The fourth-order valence-corrected chi connectivity index (χ4v) is 4.02. The van der Waals surface area contributed by atoms with Crippen LogP contribution in [0.15, 0.2) is 12.4 Å². The van der Waals surface area contributed by atoms with Crippen LogP contribution in [-0.4, -0.2) is 51.2 Å². The van der Waals surface area contributed by atoms with E-state index in [9.17, 15) is 0 Å². The van der Waals surface area contributed by atoms with Gasteiger partial charge in [-0.2, -0.15) is 5.10 Å². The third kappa shape index (κ3) is 2.72. The molecule has 0 radical (unpaired) electrons. The van der Waals surface area contributed by atoms with Gasteiger partial charge in [0.1, 0.15) is 12.1 Å². The minimum absolute atomic E-state index is 0.740. The molecule has 1 N–H and O–H groups in total. The molecular formula is C17H24N6. The Morgan fingerprint density at radius 2 is 1.83 bits per heavy atom. The molecule has 2 aliphatic heterocycles. The molecule has 4 heterocycles. The van der Waals surface area contributed by atoms with Crippen LogP contribution in [0.4, 0.5) is 5.82 Å². The van der Waals surface area contributed by atoms with E-state index in [-0.39, 0.29) is 0 Å². The quantitative estimate of drug-likeness (QED) is 0.934. The van der Waals surface area contributed by atoms with Crippen LogP contribution in [0.2, 0.25) is 0 Å². The average molecular weight is 312 g/mol. The van der Waals surface area contributed by atoms with E-state index in [4.69, 9.17) is 0 Å². The second kappa shape index (κ2) is 5.60. The van der Waals surface area contributed by atoms with Gasteiger partial charge in [-0.15, -0.1) is 0 Å². The number of anilines is 1. The van der Waals surface area contributed by atoms with Gasteiger partial charge < -0.3 is 4.90 Å². The Hall–Kier alpha value is -1.95. The predicted octanol–water partition coefficient (Wildman–Crippen LogP) is 1.69. The third-order valence-corrected chi connectivity index (χ3v) is 5.32. The number of nitrogens with zero attached hydrogens (tertiary/aromatic N) is 5. The van der Waals surface area contributed by atoms with Crippen molar-refractivity contribution in [2.45, 2.75) is 27.3 Å². The van der Waals surface area contributed by atoms with Crippen molar-refractivity contribution in [3.63, 3.8) is 0 Å². The number of hydrogen-bond donors (Lipinski definition) is 1. The highest BCUT2D eigenvalue weighted by molar-refractivity contribution is 5.48. The van der Waals surface area contributed by atoms with Gasteiger partial charge in [0.15, 0.2) is 0 Å². The highest BCUT2D eigenvalue weighted by atomic mass is 15.3. The minimum atomic E-state index is 0.740. The van der Waals surface area contributed by atoms with E-state index in [1.54, 1.807) is 6.33 Å². The summed E-state index contributed by atoms with van der Waals surface area (Å²) in [5.41, 5.74) is 4.60. The van der Waals surface area contributed by atoms with Crippen molar-refractivity contribution in [3.05, 3.63) is 35.0 Å². The lowest BCUT2D eigenvalue weighted by Gasteiger charge is -2.23. The number of fused-ring (bicyclic) bond motifs is 1. The number of likely N-dealkylation sites (tertiary alicyclic amines) is 1. The Morgan fingerprint density at radius 3 is 2.48 bits per heavy atom. The van der Waals surface area contributed by atoms with Crippen LogP contribution in [0.3, 0.4) is 0 Å². The van der Waals surface area contributed by atoms with Crippen molar-refractivity contribution in [2.75, 3.05) is 31.1 Å². The number of H-pyrrole nitrogens is 1. The largest absolute Gasteiger partial charge is 0.356 e. The maximum absolute atomic E-state index is 4.52. The molecule has 0 spiro atoms. The smallest absolute Gasteiger partial charge is 0.135 e. The predicted molar refractivity (Wildman–Crippen MR) is 89.3 cm³/mol. The summed E-state index contributed by atoms with van der Waals surface area (Å²) < 4.78 is 0. The van der Waals surface area contributed by atoms with E-state index in [0.717, 1.165) is 67.5 Å². The lowest BCUT2D eigenvalue weighted by atomic mass is 10.0. The van der Waals surface area contributed by atoms with Gasteiger partial charge in [0, 0.05) is 49.7 Å². The molecule has 6 heteroatoms. The molecule has 2 atom stereocenters. The van der Waals surface area contributed by atoms with Gasteiger partial charge >= 0.3 is 0 Å². The monoisotopic (exact) mass is 312 g/mol. The summed E-state index contributed by atoms with van der Waals surface area (Å²) in [5.74, 6) is 2.61. The zero-order valence-electron chi connectivity index (χ0n) is 14.1. The fraction of sp³-hybridized carbons (Fsp3) is 0.588. The van der Waals surface area contributed by atoms with E-state index in [1.165, 1.54) is 5.56 Å². The second-order valence-electron chi connectivity index (χ2n) is 7.07. The Morgan fingerprint density at radius 1 is 1.09 bits per heavy atom. The summed E-state index contributed by atoms with van der Waals surface area (Å²) in [6, 6.07) is 2.15. The van der Waals surface area contributed by atoms with Gasteiger partial charge in [0.2, 0.25) is 0 Å². The SMILES string of the molecule is Cc1cc(CN2CC3CN(c4ncnc(C)c4C)CC3C2)n[nH]1. The first-order valence-corrected chi connectivity index (χ1v) is 8.36. The Labute approximate surface area is 136 Å². The molecule has 2 aliphatic rings. The molecule has 0 aliphatic carbocycles. The number of nitrogens with one attached hydrogen (secondary N) is 1. The molecule has 0 bridgehead atoms. The van der Waals surface area contributed by atoms with Gasteiger partial charge in [-0.05, 0) is 38.7 Å². The van der Waals surface area contributed by atoms with Crippen LogP contribution in [0.5, 0.6) is 0 Å². The molecule has 2 unspecified atom stereocenters. The van der Waals surface area contributed by atoms with Crippen LogP contribution in [0.25, 0.3) is 0 Å². The Kier molecular flexibility index (Phi) is 3.56. The Bertz CT molecular complexity index is 695. The van der Waals surface area contributed by atoms with Gasteiger partial charge in [0.05, 0.1) is 5.69 Å². The van der Waals surface area contributed by atoms with Crippen LogP contribution in [0, 0.1) is 32.6 Å². The van der Waals surface area contributed by atoms with Crippen molar-refractivity contribution in [3.8, 4) is 0 Å². The van der Waals surface area contributed by atoms with Crippen LogP contribution < -0.4 is 4.90 Å². The normalized spacial score (nSPS) is 24.4. The molecule has 23 heavy (non-hydrogen) atoms. The Balaban J connectivity index is 1.41. The standard InChI is InChI=1S/C17H24N6/c1-11-4-16(21-20-11)9-22-5-14-7-23(8-15(14)6-22)17-12(2)13(3)18-10-19-17/h4,10,14-15H,5-9H2,1-3H3,(H,20,21). The fourth-order valence-electron chi connectivity index (χ4n) is 4.02. The van der Waals surface area contributed by atoms with E-state index in [2.05, 4.69) is 56.8 Å². The molecular weight excluding hydrogens is 288 g/mol. The molecule has 2 saturated heterocycles. The molecule has 6 nitrogen and oxygen atoms in total. The number of rotatable bonds is 3. The number of aromatic amines is 1. The van der Waals surface area contributed by atoms with Crippen LogP contribution in [0.1, 0.15) is 22.6 Å². The first kappa shape index (κ1) is 14.6. The zero-order valence-corrected chi connectivity index (χ0v) is 14.1. The van der Waals surface area contributed by atoms with Crippen molar-refractivity contribution in [2.24, 2.45) is 11.8 Å². The average Bonchev–Trinajstić information content (AvgIpc) is 3.17. The number of aryl methyl sites for hydroxylation is 2. The van der Waals surface area contributed by atoms with Crippen molar-refractivity contribution in [1.29, 1.82) is 0 Å². The summed E-state index contributed by atoms with van der Waals surface area (Å²) in [6.07, 6.45) is 1.69. The molecule has 2 aromatic heterocycles. The van der Waals surface area contributed by atoms with Gasteiger partial charge in [-0.25, -0.2) is 9.97 Å². The van der Waals surface area contributed by atoms with E-state index >= 15 is 0 Å². The van der Waals surface area contributed by atoms with Gasteiger partial charge in [0.25, 0.3) is 0 Å². The molecule has 0 aromatic carbocycles. The molecule has 4 rings (SSSR count). The molecule has 122 valence electrons. The summed E-state index contributed by atoms with van der Waals surface area (Å²) in [4.78, 5) is 13.8. The number of aromatic nitrogens is 4. The second-order valence-corrected chi connectivity index (χ2v) is 7.07. The van der Waals surface area contributed by atoms with Crippen molar-refractivity contribution in [1.82, 2.24) is 25.1 Å². The third-order valence-electron chi connectivity index (χ3n) is 5.32. The van der Waals surface area contributed by atoms with Gasteiger partial charge in [-0.3, -0.25) is 10.00 Å². The minimum Gasteiger partial charge on any atom is -0.356 e. The summed E-state index contributed by atoms with van der Waals surface area (Å²) in [5, 5.41) is 7.40. The molecule has 0 saturated carbocycles. The highest BCUT2D eigenvalue weighted by Crippen LogP contribution is 2.34. The molecule has 2 fully saturated rings. The first-order valence-electron chi connectivity index (χ1n) is 8.36. The molecule has 2 aromatic rings. The molecule has 0 amide bonds. The van der Waals surface area contributed by atoms with E-state index in [0.29, 0.717) is 0 Å². The highest BCUT2D eigenvalue weighted by Gasteiger charge is 2.40.